The fourth-order valence-corrected chi connectivity index (χ4v) is 1.78. The third kappa shape index (κ3) is 1.61. The molecule has 17 heavy (non-hydrogen) atoms. The fraction of sp³-hybridized carbons (Fsp3) is 0. The number of para-hydroxylation sites is 1. The summed E-state index contributed by atoms with van der Waals surface area (Å²) >= 11 is 0. The maximum Gasteiger partial charge on any atom is 0.219 e. The summed E-state index contributed by atoms with van der Waals surface area (Å²) in [6, 6.07) is 16.4. The Balaban J connectivity index is 2.33. The molecule has 1 aromatic heterocycles. The molecule has 0 unspecified atom stereocenters. The standard InChI is InChI=1S/C14H9NO2/c16-14-11-8-4-5-9-12(11)17-15-13(14)10-6-2-1-3-7-10/h1-9H. The van der Waals surface area contributed by atoms with E-state index in [9.17, 15) is 4.79 Å². The summed E-state index contributed by atoms with van der Waals surface area (Å²) in [5.41, 5.74) is 1.53. The zero-order valence-electron chi connectivity index (χ0n) is 8.96. The number of nitrogens with zero attached hydrogens (tertiary/aromatic N) is 1. The molecule has 0 aliphatic heterocycles. The molecule has 0 aliphatic carbocycles. The van der Waals surface area contributed by atoms with Gasteiger partial charge in [-0.1, -0.05) is 47.6 Å². The summed E-state index contributed by atoms with van der Waals surface area (Å²) in [5, 5.41) is 4.45. The van der Waals surface area contributed by atoms with Crippen molar-refractivity contribution in [2.45, 2.75) is 0 Å². The maximum atomic E-state index is 12.2. The zero-order chi connectivity index (χ0) is 11.7. The van der Waals surface area contributed by atoms with Crippen molar-refractivity contribution in [3.05, 3.63) is 64.8 Å². The molecule has 3 aromatic rings. The van der Waals surface area contributed by atoms with E-state index in [2.05, 4.69) is 5.16 Å². The molecule has 0 atom stereocenters. The lowest BCUT2D eigenvalue weighted by molar-refractivity contribution is 0.445. The van der Waals surface area contributed by atoms with Crippen molar-refractivity contribution in [1.82, 2.24) is 5.16 Å². The monoisotopic (exact) mass is 223 g/mol. The first kappa shape index (κ1) is 9.78. The number of benzene rings is 2. The Morgan fingerprint density at radius 2 is 1.59 bits per heavy atom. The molecule has 0 saturated carbocycles. The molecular formula is C14H9NO2. The van der Waals surface area contributed by atoms with Crippen LogP contribution in [0.3, 0.4) is 0 Å². The number of hydrogen-bond acceptors (Lipinski definition) is 3. The van der Waals surface area contributed by atoms with Gasteiger partial charge >= 0.3 is 0 Å². The summed E-state index contributed by atoms with van der Waals surface area (Å²) in [4.78, 5) is 12.2. The normalized spacial score (nSPS) is 10.6. The molecule has 3 nitrogen and oxygen atoms in total. The van der Waals surface area contributed by atoms with E-state index >= 15 is 0 Å². The van der Waals surface area contributed by atoms with E-state index in [-0.39, 0.29) is 5.43 Å². The summed E-state index contributed by atoms with van der Waals surface area (Å²) in [6.07, 6.45) is 0. The SMILES string of the molecule is O=c1c(-c2ccccc2)noc2ccccc12. The Morgan fingerprint density at radius 3 is 2.41 bits per heavy atom. The van der Waals surface area contributed by atoms with Crippen LogP contribution >= 0.6 is 0 Å². The summed E-state index contributed by atoms with van der Waals surface area (Å²) < 4.78 is 5.23. The highest BCUT2D eigenvalue weighted by Gasteiger charge is 2.09. The quantitative estimate of drug-likeness (QED) is 0.637. The van der Waals surface area contributed by atoms with Crippen LogP contribution in [0.1, 0.15) is 0 Å². The van der Waals surface area contributed by atoms with Crippen molar-refractivity contribution in [1.29, 1.82) is 0 Å². The largest absolute Gasteiger partial charge is 0.355 e. The number of fused-ring (bicyclic) bond motifs is 1. The van der Waals surface area contributed by atoms with Crippen LogP contribution in [-0.2, 0) is 0 Å². The van der Waals surface area contributed by atoms with E-state index < -0.39 is 0 Å². The van der Waals surface area contributed by atoms with Gasteiger partial charge in [-0.2, -0.15) is 0 Å². The van der Waals surface area contributed by atoms with Crippen molar-refractivity contribution in [3.63, 3.8) is 0 Å². The molecule has 3 rings (SSSR count). The lowest BCUT2D eigenvalue weighted by atomic mass is 10.1. The van der Waals surface area contributed by atoms with Crippen LogP contribution in [0.4, 0.5) is 0 Å². The molecule has 1 heterocycles. The molecule has 0 N–H and O–H groups in total. The Bertz CT molecular complexity index is 717. The molecule has 2 aromatic carbocycles. The average Bonchev–Trinajstić information content (AvgIpc) is 2.40. The Labute approximate surface area is 97.3 Å². The van der Waals surface area contributed by atoms with E-state index in [1.807, 2.05) is 42.5 Å². The van der Waals surface area contributed by atoms with Gasteiger partial charge < -0.3 is 4.52 Å². The van der Waals surface area contributed by atoms with Crippen LogP contribution < -0.4 is 5.43 Å². The first-order valence-corrected chi connectivity index (χ1v) is 5.30. The van der Waals surface area contributed by atoms with Crippen LogP contribution in [0.5, 0.6) is 0 Å². The van der Waals surface area contributed by atoms with Gasteiger partial charge in [-0.3, -0.25) is 4.79 Å². The minimum absolute atomic E-state index is 0.0990. The van der Waals surface area contributed by atoms with Gasteiger partial charge in [0.25, 0.3) is 0 Å². The molecule has 0 saturated heterocycles. The molecular weight excluding hydrogens is 214 g/mol. The smallest absolute Gasteiger partial charge is 0.219 e. The highest BCUT2D eigenvalue weighted by Crippen LogP contribution is 2.16. The van der Waals surface area contributed by atoms with E-state index in [0.717, 1.165) is 5.56 Å². The molecule has 0 fully saturated rings. The minimum Gasteiger partial charge on any atom is -0.355 e. The zero-order valence-corrected chi connectivity index (χ0v) is 8.96. The van der Waals surface area contributed by atoms with Gasteiger partial charge in [-0.25, -0.2) is 0 Å². The third-order valence-electron chi connectivity index (χ3n) is 2.63. The molecule has 0 aliphatic rings. The first-order chi connectivity index (χ1) is 8.36. The number of aromatic nitrogens is 1. The topological polar surface area (TPSA) is 43.1 Å². The molecule has 0 radical (unpaired) electrons. The van der Waals surface area contributed by atoms with Gasteiger partial charge in [0.1, 0.15) is 0 Å². The maximum absolute atomic E-state index is 12.2. The average molecular weight is 223 g/mol. The number of rotatable bonds is 1. The van der Waals surface area contributed by atoms with Crippen molar-refractivity contribution >= 4 is 11.0 Å². The predicted octanol–water partition coefficient (Wildman–Crippen LogP) is 2.86. The second-order valence-corrected chi connectivity index (χ2v) is 3.72. The number of hydrogen-bond donors (Lipinski definition) is 0. The lowest BCUT2D eigenvalue weighted by Crippen LogP contribution is -2.07. The Kier molecular flexibility index (Phi) is 2.22. The van der Waals surface area contributed by atoms with Gasteiger partial charge in [0.15, 0.2) is 11.3 Å². The van der Waals surface area contributed by atoms with E-state index in [4.69, 9.17) is 4.52 Å². The molecule has 0 amide bonds. The van der Waals surface area contributed by atoms with Crippen LogP contribution in [0.15, 0.2) is 63.9 Å². The van der Waals surface area contributed by atoms with Crippen LogP contribution in [0, 0.1) is 0 Å². The predicted molar refractivity (Wildman–Crippen MR) is 65.7 cm³/mol. The van der Waals surface area contributed by atoms with Crippen molar-refractivity contribution < 1.29 is 4.52 Å². The van der Waals surface area contributed by atoms with Crippen molar-refractivity contribution in [2.75, 3.05) is 0 Å². The van der Waals surface area contributed by atoms with Crippen LogP contribution in [0.2, 0.25) is 0 Å². The Morgan fingerprint density at radius 1 is 0.882 bits per heavy atom. The molecule has 0 bridgehead atoms. The van der Waals surface area contributed by atoms with Gasteiger partial charge in [0.05, 0.1) is 5.39 Å². The summed E-state index contributed by atoms with van der Waals surface area (Å²) in [7, 11) is 0. The summed E-state index contributed by atoms with van der Waals surface area (Å²) in [5.74, 6) is 0. The third-order valence-corrected chi connectivity index (χ3v) is 2.63. The van der Waals surface area contributed by atoms with Crippen molar-refractivity contribution in [2.24, 2.45) is 0 Å². The van der Waals surface area contributed by atoms with Gasteiger partial charge in [-0.15, -0.1) is 0 Å². The van der Waals surface area contributed by atoms with E-state index in [0.29, 0.717) is 16.7 Å². The second kappa shape index (κ2) is 3.87. The van der Waals surface area contributed by atoms with Crippen LogP contribution in [-0.4, -0.2) is 5.16 Å². The van der Waals surface area contributed by atoms with Crippen LogP contribution in [0.25, 0.3) is 22.2 Å². The van der Waals surface area contributed by atoms with Gasteiger partial charge in [0.2, 0.25) is 5.43 Å². The van der Waals surface area contributed by atoms with E-state index in [1.54, 1.807) is 12.1 Å². The minimum atomic E-state index is -0.0990. The fourth-order valence-electron chi connectivity index (χ4n) is 1.78. The van der Waals surface area contributed by atoms with E-state index in [1.165, 1.54) is 0 Å². The highest BCUT2D eigenvalue weighted by molar-refractivity contribution is 5.79. The molecule has 0 spiro atoms. The Hall–Kier alpha value is -2.42. The second-order valence-electron chi connectivity index (χ2n) is 3.72. The first-order valence-electron chi connectivity index (χ1n) is 5.30. The van der Waals surface area contributed by atoms with Gasteiger partial charge in [-0.05, 0) is 12.1 Å². The lowest BCUT2D eigenvalue weighted by Gasteiger charge is -1.99. The molecule has 3 heteroatoms. The van der Waals surface area contributed by atoms with Crippen molar-refractivity contribution in [3.8, 4) is 11.3 Å². The summed E-state index contributed by atoms with van der Waals surface area (Å²) in [6.45, 7) is 0. The highest BCUT2D eigenvalue weighted by atomic mass is 16.5. The molecule has 82 valence electrons. The van der Waals surface area contributed by atoms with Gasteiger partial charge in [0, 0.05) is 5.56 Å².